The van der Waals surface area contributed by atoms with Crippen molar-refractivity contribution in [2.45, 2.75) is 0 Å². The molecule has 2 amide bonds. The second-order valence-electron chi connectivity index (χ2n) is 4.66. The molecule has 0 aliphatic rings. The van der Waals surface area contributed by atoms with Gasteiger partial charge in [0.25, 0.3) is 11.8 Å². The molecule has 0 aliphatic carbocycles. The lowest BCUT2D eigenvalue weighted by atomic mass is 10.2. The van der Waals surface area contributed by atoms with E-state index in [4.69, 9.17) is 16.3 Å². The summed E-state index contributed by atoms with van der Waals surface area (Å²) in [5.41, 5.74) is 5.35. The molecule has 2 aromatic rings. The number of hydrogen-bond acceptors (Lipinski definition) is 3. The van der Waals surface area contributed by atoms with Gasteiger partial charge in [-0.15, -0.1) is 0 Å². The molecular weight excluding hydrogens is 396 g/mol. The summed E-state index contributed by atoms with van der Waals surface area (Å²) in [6.07, 6.45) is 2.91. The van der Waals surface area contributed by atoms with Crippen LogP contribution in [0.1, 0.15) is 5.56 Å². The van der Waals surface area contributed by atoms with Gasteiger partial charge in [0.2, 0.25) is 0 Å². The minimum absolute atomic E-state index is 0.206. The predicted molar refractivity (Wildman–Crippen MR) is 96.4 cm³/mol. The van der Waals surface area contributed by atoms with E-state index in [0.29, 0.717) is 10.8 Å². The summed E-state index contributed by atoms with van der Waals surface area (Å²) in [5, 5.41) is 0.620. The first-order valence-corrected chi connectivity index (χ1v) is 8.11. The third kappa shape index (κ3) is 6.44. The van der Waals surface area contributed by atoms with Crippen molar-refractivity contribution < 1.29 is 14.3 Å². The molecule has 5 nitrogen and oxygen atoms in total. The van der Waals surface area contributed by atoms with E-state index in [1.807, 2.05) is 0 Å². The fraction of sp³-hybridized carbons (Fsp3) is 0.0588. The summed E-state index contributed by atoms with van der Waals surface area (Å²) >= 11 is 9.08. The fourth-order valence-electron chi connectivity index (χ4n) is 1.63. The summed E-state index contributed by atoms with van der Waals surface area (Å²) in [6, 6.07) is 14.1. The van der Waals surface area contributed by atoms with Crippen LogP contribution in [-0.2, 0) is 9.59 Å². The number of carbonyl (C=O) groups excluding carboxylic acids is 2. The maximum atomic E-state index is 11.6. The highest BCUT2D eigenvalue weighted by atomic mass is 79.9. The van der Waals surface area contributed by atoms with E-state index in [9.17, 15) is 9.59 Å². The zero-order valence-electron chi connectivity index (χ0n) is 12.5. The zero-order chi connectivity index (χ0) is 17.4. The Morgan fingerprint density at radius 3 is 2.38 bits per heavy atom. The van der Waals surface area contributed by atoms with E-state index in [0.717, 1.165) is 10.0 Å². The molecule has 0 bridgehead atoms. The zero-order valence-corrected chi connectivity index (χ0v) is 14.8. The smallest absolute Gasteiger partial charge is 0.276 e. The Bertz CT molecular complexity index is 731. The monoisotopic (exact) mass is 408 g/mol. The summed E-state index contributed by atoms with van der Waals surface area (Å²) in [4.78, 5) is 23.2. The first kappa shape index (κ1) is 18.0. The van der Waals surface area contributed by atoms with Crippen LogP contribution in [0.15, 0.2) is 59.1 Å². The first-order chi connectivity index (χ1) is 11.5. The van der Waals surface area contributed by atoms with E-state index in [1.54, 1.807) is 54.6 Å². The second kappa shape index (κ2) is 9.10. The van der Waals surface area contributed by atoms with Crippen LogP contribution in [0.5, 0.6) is 5.75 Å². The molecule has 124 valence electrons. The van der Waals surface area contributed by atoms with Crippen molar-refractivity contribution >= 4 is 45.4 Å². The number of hydrazine groups is 1. The standard InChI is InChI=1S/C17H14BrClN2O3/c18-13-4-8-15(9-5-13)24-11-17(23)21-20-16(22)10-3-12-1-6-14(19)7-2-12/h1-10H,11H2,(H,20,22)(H,21,23)/b10-3+. The number of halogens is 2. The van der Waals surface area contributed by atoms with Crippen LogP contribution in [0.3, 0.4) is 0 Å². The quantitative estimate of drug-likeness (QED) is 0.588. The van der Waals surface area contributed by atoms with E-state index in [1.165, 1.54) is 6.08 Å². The van der Waals surface area contributed by atoms with Gasteiger partial charge in [-0.05, 0) is 48.0 Å². The molecule has 0 saturated carbocycles. The molecular formula is C17H14BrClN2O3. The van der Waals surface area contributed by atoms with Gasteiger partial charge in [0.05, 0.1) is 0 Å². The lowest BCUT2D eigenvalue weighted by Crippen LogP contribution is -2.43. The molecule has 0 aliphatic heterocycles. The van der Waals surface area contributed by atoms with Crippen molar-refractivity contribution in [2.24, 2.45) is 0 Å². The Kier molecular flexibility index (Phi) is 6.84. The largest absolute Gasteiger partial charge is 0.484 e. The van der Waals surface area contributed by atoms with Gasteiger partial charge in [-0.2, -0.15) is 0 Å². The van der Waals surface area contributed by atoms with Gasteiger partial charge in [-0.25, -0.2) is 0 Å². The Hall–Kier alpha value is -2.31. The van der Waals surface area contributed by atoms with Gasteiger partial charge in [0, 0.05) is 15.6 Å². The highest BCUT2D eigenvalue weighted by Crippen LogP contribution is 2.15. The predicted octanol–water partition coefficient (Wildman–Crippen LogP) is 3.34. The van der Waals surface area contributed by atoms with Crippen LogP contribution in [0.25, 0.3) is 6.08 Å². The van der Waals surface area contributed by atoms with E-state index in [-0.39, 0.29) is 6.61 Å². The molecule has 0 unspecified atom stereocenters. The van der Waals surface area contributed by atoms with Crippen molar-refractivity contribution in [1.82, 2.24) is 10.9 Å². The SMILES string of the molecule is O=C(/C=C/c1ccc(Cl)cc1)NNC(=O)COc1ccc(Br)cc1. The molecule has 0 heterocycles. The van der Waals surface area contributed by atoms with Crippen LogP contribution < -0.4 is 15.6 Å². The van der Waals surface area contributed by atoms with E-state index < -0.39 is 11.8 Å². The van der Waals surface area contributed by atoms with Crippen molar-refractivity contribution in [3.05, 3.63) is 69.7 Å². The van der Waals surface area contributed by atoms with Crippen LogP contribution in [0.2, 0.25) is 5.02 Å². The van der Waals surface area contributed by atoms with Crippen molar-refractivity contribution in [3.8, 4) is 5.75 Å². The van der Waals surface area contributed by atoms with Crippen molar-refractivity contribution in [1.29, 1.82) is 0 Å². The van der Waals surface area contributed by atoms with Gasteiger partial charge < -0.3 is 4.74 Å². The number of carbonyl (C=O) groups is 2. The maximum absolute atomic E-state index is 11.6. The van der Waals surface area contributed by atoms with Crippen LogP contribution >= 0.6 is 27.5 Å². The molecule has 2 aromatic carbocycles. The Morgan fingerprint density at radius 2 is 1.71 bits per heavy atom. The average molecular weight is 410 g/mol. The molecule has 0 fully saturated rings. The van der Waals surface area contributed by atoms with Crippen LogP contribution in [0, 0.1) is 0 Å². The average Bonchev–Trinajstić information content (AvgIpc) is 2.59. The number of rotatable bonds is 5. The van der Waals surface area contributed by atoms with Crippen molar-refractivity contribution in [3.63, 3.8) is 0 Å². The van der Waals surface area contributed by atoms with Gasteiger partial charge in [-0.3, -0.25) is 20.4 Å². The fourth-order valence-corrected chi connectivity index (χ4v) is 2.02. The lowest BCUT2D eigenvalue weighted by Gasteiger charge is -2.07. The summed E-state index contributed by atoms with van der Waals surface area (Å²) in [6.45, 7) is -0.206. The summed E-state index contributed by atoms with van der Waals surface area (Å²) in [5.74, 6) is -0.365. The third-order valence-corrected chi connectivity index (χ3v) is 3.59. The van der Waals surface area contributed by atoms with Gasteiger partial charge in [0.15, 0.2) is 6.61 Å². The van der Waals surface area contributed by atoms with E-state index >= 15 is 0 Å². The summed E-state index contributed by atoms with van der Waals surface area (Å²) < 4.78 is 6.20. The van der Waals surface area contributed by atoms with Gasteiger partial charge >= 0.3 is 0 Å². The minimum atomic E-state index is -0.467. The summed E-state index contributed by atoms with van der Waals surface area (Å²) in [7, 11) is 0. The number of hydrogen-bond donors (Lipinski definition) is 2. The molecule has 24 heavy (non-hydrogen) atoms. The highest BCUT2D eigenvalue weighted by Gasteiger charge is 2.03. The number of amides is 2. The third-order valence-electron chi connectivity index (χ3n) is 2.81. The Labute approximate surface area is 152 Å². The number of benzene rings is 2. The molecule has 2 rings (SSSR count). The molecule has 0 saturated heterocycles. The molecule has 0 atom stereocenters. The van der Waals surface area contributed by atoms with Crippen LogP contribution in [0.4, 0.5) is 0 Å². The molecule has 0 spiro atoms. The first-order valence-electron chi connectivity index (χ1n) is 6.94. The molecule has 0 aromatic heterocycles. The maximum Gasteiger partial charge on any atom is 0.276 e. The minimum Gasteiger partial charge on any atom is -0.484 e. The highest BCUT2D eigenvalue weighted by molar-refractivity contribution is 9.10. The Morgan fingerprint density at radius 1 is 1.04 bits per heavy atom. The second-order valence-corrected chi connectivity index (χ2v) is 6.02. The molecule has 2 N–H and O–H groups in total. The van der Waals surface area contributed by atoms with E-state index in [2.05, 4.69) is 26.8 Å². The Balaban J connectivity index is 1.71. The van der Waals surface area contributed by atoms with Crippen LogP contribution in [-0.4, -0.2) is 18.4 Å². The number of nitrogens with one attached hydrogen (secondary N) is 2. The normalized spacial score (nSPS) is 10.4. The topological polar surface area (TPSA) is 67.4 Å². The van der Waals surface area contributed by atoms with Gasteiger partial charge in [-0.1, -0.05) is 39.7 Å². The lowest BCUT2D eigenvalue weighted by molar-refractivity contribution is -0.128. The van der Waals surface area contributed by atoms with Gasteiger partial charge in [0.1, 0.15) is 5.75 Å². The van der Waals surface area contributed by atoms with Crippen molar-refractivity contribution in [2.75, 3.05) is 6.61 Å². The number of ether oxygens (including phenoxy) is 1. The molecule has 7 heteroatoms. The molecule has 0 radical (unpaired) electrons.